The third-order valence-electron chi connectivity index (χ3n) is 2.96. The van der Waals surface area contributed by atoms with Gasteiger partial charge in [-0.05, 0) is 19.2 Å². The Morgan fingerprint density at radius 3 is 2.70 bits per heavy atom. The Bertz CT molecular complexity index is 517. The summed E-state index contributed by atoms with van der Waals surface area (Å²) in [5.74, 6) is -0.358. The van der Waals surface area contributed by atoms with Gasteiger partial charge in [0.2, 0.25) is 0 Å². The summed E-state index contributed by atoms with van der Waals surface area (Å²) in [6.45, 7) is 3.33. The molecule has 2 rings (SSSR count). The van der Waals surface area contributed by atoms with Crippen molar-refractivity contribution in [3.05, 3.63) is 34.1 Å². The highest BCUT2D eigenvalue weighted by Gasteiger charge is 2.14. The number of furan rings is 1. The standard InChI is InChI=1S/C12H16N4O4/c1-14-6-8-15(9-7-14)13-11(17)4-2-10-3-5-12(20-10)16(18)19/h2-5H,6-9H2,1H3,(H,13,17)/b4-2+. The number of piperazine rings is 1. The first-order valence-electron chi connectivity index (χ1n) is 6.21. The van der Waals surface area contributed by atoms with Crippen LogP contribution in [0.2, 0.25) is 0 Å². The Kier molecular flexibility index (Phi) is 4.49. The fraction of sp³-hybridized carbons (Fsp3) is 0.417. The van der Waals surface area contributed by atoms with Gasteiger partial charge in [0, 0.05) is 32.3 Å². The van der Waals surface area contributed by atoms with Gasteiger partial charge in [0.15, 0.2) is 0 Å². The first-order chi connectivity index (χ1) is 9.54. The molecule has 1 aliphatic heterocycles. The average Bonchev–Trinajstić information content (AvgIpc) is 2.88. The lowest BCUT2D eigenvalue weighted by molar-refractivity contribution is -0.402. The zero-order chi connectivity index (χ0) is 14.5. The third kappa shape index (κ3) is 3.90. The van der Waals surface area contributed by atoms with E-state index in [1.54, 1.807) is 0 Å². The van der Waals surface area contributed by atoms with Gasteiger partial charge in [-0.3, -0.25) is 20.3 Å². The Hall–Kier alpha value is -2.19. The van der Waals surface area contributed by atoms with E-state index >= 15 is 0 Å². The van der Waals surface area contributed by atoms with Crippen molar-refractivity contribution in [1.82, 2.24) is 15.3 Å². The highest BCUT2D eigenvalue weighted by atomic mass is 16.6. The fourth-order valence-corrected chi connectivity index (χ4v) is 1.80. The largest absolute Gasteiger partial charge is 0.433 e. The van der Waals surface area contributed by atoms with Gasteiger partial charge in [-0.2, -0.15) is 0 Å². The number of nitrogens with zero attached hydrogens (tertiary/aromatic N) is 3. The number of amides is 1. The predicted molar refractivity (Wildman–Crippen MR) is 71.6 cm³/mol. The summed E-state index contributed by atoms with van der Waals surface area (Å²) in [5, 5.41) is 12.3. The lowest BCUT2D eigenvalue weighted by Crippen LogP contribution is -2.52. The Balaban J connectivity index is 1.84. The summed E-state index contributed by atoms with van der Waals surface area (Å²) in [4.78, 5) is 23.7. The Labute approximate surface area is 115 Å². The van der Waals surface area contributed by atoms with E-state index in [0.29, 0.717) is 0 Å². The SMILES string of the molecule is CN1CCN(NC(=O)/C=C/c2ccc([N+](=O)[O-])o2)CC1. The quantitative estimate of drug-likeness (QED) is 0.490. The van der Waals surface area contributed by atoms with Crippen molar-refractivity contribution in [2.75, 3.05) is 33.2 Å². The lowest BCUT2D eigenvalue weighted by Gasteiger charge is -2.31. The molecule has 1 fully saturated rings. The molecule has 0 bridgehead atoms. The van der Waals surface area contributed by atoms with Crippen LogP contribution in [0.5, 0.6) is 0 Å². The molecule has 0 saturated carbocycles. The van der Waals surface area contributed by atoms with Crippen LogP contribution >= 0.6 is 0 Å². The molecule has 0 spiro atoms. The van der Waals surface area contributed by atoms with E-state index < -0.39 is 4.92 Å². The number of rotatable bonds is 4. The van der Waals surface area contributed by atoms with E-state index in [-0.39, 0.29) is 17.6 Å². The molecule has 20 heavy (non-hydrogen) atoms. The van der Waals surface area contributed by atoms with Gasteiger partial charge in [-0.1, -0.05) is 0 Å². The molecule has 1 saturated heterocycles. The van der Waals surface area contributed by atoms with Crippen LogP contribution < -0.4 is 5.43 Å². The van der Waals surface area contributed by atoms with Crippen molar-refractivity contribution in [3.63, 3.8) is 0 Å². The monoisotopic (exact) mass is 280 g/mol. The summed E-state index contributed by atoms with van der Waals surface area (Å²) in [6, 6.07) is 2.69. The van der Waals surface area contributed by atoms with Crippen LogP contribution in [0.4, 0.5) is 5.88 Å². The maximum Gasteiger partial charge on any atom is 0.433 e. The number of hydrogen-bond acceptors (Lipinski definition) is 6. The highest BCUT2D eigenvalue weighted by Crippen LogP contribution is 2.16. The molecule has 0 unspecified atom stereocenters. The number of hydrogen-bond donors (Lipinski definition) is 1. The molecule has 1 aromatic heterocycles. The van der Waals surface area contributed by atoms with Crippen molar-refractivity contribution in [2.45, 2.75) is 0 Å². The van der Waals surface area contributed by atoms with Gasteiger partial charge in [-0.25, -0.2) is 5.01 Å². The van der Waals surface area contributed by atoms with E-state index in [2.05, 4.69) is 10.3 Å². The minimum atomic E-state index is -0.623. The minimum Gasteiger partial charge on any atom is -0.401 e. The molecule has 8 nitrogen and oxygen atoms in total. The van der Waals surface area contributed by atoms with E-state index in [1.165, 1.54) is 24.3 Å². The maximum absolute atomic E-state index is 11.7. The molecule has 1 N–H and O–H groups in total. The molecule has 1 amide bonds. The van der Waals surface area contributed by atoms with Crippen LogP contribution in [0.3, 0.4) is 0 Å². The van der Waals surface area contributed by atoms with E-state index in [0.717, 1.165) is 26.2 Å². The van der Waals surface area contributed by atoms with Gasteiger partial charge >= 0.3 is 5.88 Å². The van der Waals surface area contributed by atoms with E-state index in [4.69, 9.17) is 4.42 Å². The van der Waals surface area contributed by atoms with Crippen LogP contribution in [-0.4, -0.2) is 54.0 Å². The first-order valence-corrected chi connectivity index (χ1v) is 6.21. The van der Waals surface area contributed by atoms with Gasteiger partial charge in [0.05, 0.1) is 6.07 Å². The summed E-state index contributed by atoms with van der Waals surface area (Å²) >= 11 is 0. The van der Waals surface area contributed by atoms with Crippen LogP contribution in [0.1, 0.15) is 5.76 Å². The van der Waals surface area contributed by atoms with Gasteiger partial charge < -0.3 is 9.32 Å². The molecule has 0 aliphatic carbocycles. The molecule has 108 valence electrons. The van der Waals surface area contributed by atoms with Crippen LogP contribution in [0, 0.1) is 10.1 Å². The van der Waals surface area contributed by atoms with Gasteiger partial charge in [-0.15, -0.1) is 0 Å². The normalized spacial score (nSPS) is 17.4. The molecule has 8 heteroatoms. The van der Waals surface area contributed by atoms with Crippen LogP contribution in [0.25, 0.3) is 6.08 Å². The first kappa shape index (κ1) is 14.2. The molecular formula is C12H16N4O4. The van der Waals surface area contributed by atoms with Crippen molar-refractivity contribution < 1.29 is 14.1 Å². The van der Waals surface area contributed by atoms with Gasteiger partial charge in [0.1, 0.15) is 10.7 Å². The number of likely N-dealkylation sites (N-methyl/N-ethyl adjacent to an activating group) is 1. The Morgan fingerprint density at radius 2 is 2.10 bits per heavy atom. The zero-order valence-corrected chi connectivity index (χ0v) is 11.1. The van der Waals surface area contributed by atoms with Crippen molar-refractivity contribution in [1.29, 1.82) is 0 Å². The Morgan fingerprint density at radius 1 is 1.40 bits per heavy atom. The second-order valence-electron chi connectivity index (χ2n) is 4.53. The third-order valence-corrected chi connectivity index (χ3v) is 2.96. The van der Waals surface area contributed by atoms with E-state index in [9.17, 15) is 14.9 Å². The number of nitrogens with one attached hydrogen (secondary N) is 1. The smallest absolute Gasteiger partial charge is 0.401 e. The van der Waals surface area contributed by atoms with Crippen LogP contribution in [0.15, 0.2) is 22.6 Å². The van der Waals surface area contributed by atoms with Crippen molar-refractivity contribution >= 4 is 17.9 Å². The molecule has 0 atom stereocenters. The fourth-order valence-electron chi connectivity index (χ4n) is 1.80. The number of nitro groups is 1. The molecular weight excluding hydrogens is 264 g/mol. The number of carbonyl (C=O) groups is 1. The number of hydrazine groups is 1. The predicted octanol–water partition coefficient (Wildman–Crippen LogP) is 0.480. The van der Waals surface area contributed by atoms with Crippen molar-refractivity contribution in [3.8, 4) is 0 Å². The molecule has 0 radical (unpaired) electrons. The molecule has 2 heterocycles. The topological polar surface area (TPSA) is 91.9 Å². The number of carbonyl (C=O) groups excluding carboxylic acids is 1. The second kappa shape index (κ2) is 6.31. The van der Waals surface area contributed by atoms with E-state index in [1.807, 2.05) is 12.1 Å². The van der Waals surface area contributed by atoms with Crippen molar-refractivity contribution in [2.24, 2.45) is 0 Å². The maximum atomic E-state index is 11.7. The average molecular weight is 280 g/mol. The zero-order valence-electron chi connectivity index (χ0n) is 11.1. The minimum absolute atomic E-state index is 0.269. The molecule has 0 aromatic carbocycles. The summed E-state index contributed by atoms with van der Waals surface area (Å²) in [7, 11) is 2.03. The summed E-state index contributed by atoms with van der Waals surface area (Å²) in [5.41, 5.74) is 2.74. The molecule has 1 aliphatic rings. The lowest BCUT2D eigenvalue weighted by atomic mass is 10.3. The van der Waals surface area contributed by atoms with Gasteiger partial charge in [0.25, 0.3) is 5.91 Å². The second-order valence-corrected chi connectivity index (χ2v) is 4.53. The molecule has 1 aromatic rings. The summed E-state index contributed by atoms with van der Waals surface area (Å²) < 4.78 is 4.91. The van der Waals surface area contributed by atoms with Crippen LogP contribution in [-0.2, 0) is 4.79 Å². The highest BCUT2D eigenvalue weighted by molar-refractivity contribution is 5.91. The summed E-state index contributed by atoms with van der Waals surface area (Å²) in [6.07, 6.45) is 2.69.